The molecule has 0 atom stereocenters. The van der Waals surface area contributed by atoms with E-state index in [0.717, 1.165) is 36.2 Å². The Hall–Kier alpha value is -1.52. The predicted molar refractivity (Wildman–Crippen MR) is 98.1 cm³/mol. The molecule has 0 radical (unpaired) electrons. The summed E-state index contributed by atoms with van der Waals surface area (Å²) in [5.74, 6) is 0.180. The van der Waals surface area contributed by atoms with Crippen LogP contribution in [-0.2, 0) is 11.2 Å². The molecule has 2 aromatic carbocycles. The molecule has 5 heteroatoms. The van der Waals surface area contributed by atoms with Crippen molar-refractivity contribution in [3.05, 3.63) is 63.6 Å². The van der Waals surface area contributed by atoms with Crippen molar-refractivity contribution in [2.24, 2.45) is 0 Å². The molecule has 0 aliphatic carbocycles. The smallest absolute Gasteiger partial charge is 0.227 e. The van der Waals surface area contributed by atoms with Crippen LogP contribution in [-0.4, -0.2) is 37.0 Å². The molecule has 1 aliphatic rings. The summed E-state index contributed by atoms with van der Waals surface area (Å²) < 4.78 is 1.10. The number of hydrogen-bond donors (Lipinski definition) is 0. The first-order valence-electron chi connectivity index (χ1n) is 7.65. The van der Waals surface area contributed by atoms with Gasteiger partial charge in [0.05, 0.1) is 12.1 Å². The zero-order valence-corrected chi connectivity index (χ0v) is 15.1. The van der Waals surface area contributed by atoms with Crippen LogP contribution < -0.4 is 4.90 Å². The lowest BCUT2D eigenvalue weighted by Gasteiger charge is -2.36. The normalized spacial score (nSPS) is 14.9. The lowest BCUT2D eigenvalue weighted by molar-refractivity contribution is -0.130. The average molecular weight is 394 g/mol. The van der Waals surface area contributed by atoms with Gasteiger partial charge in [0.2, 0.25) is 5.91 Å². The topological polar surface area (TPSA) is 23.6 Å². The van der Waals surface area contributed by atoms with Gasteiger partial charge in [0, 0.05) is 35.7 Å². The number of para-hydroxylation sites is 1. The van der Waals surface area contributed by atoms with Crippen LogP contribution in [0.2, 0.25) is 5.02 Å². The van der Waals surface area contributed by atoms with Crippen LogP contribution in [0.3, 0.4) is 0 Å². The Bertz CT molecular complexity index is 682. The number of carbonyl (C=O) groups is 1. The lowest BCUT2D eigenvalue weighted by Crippen LogP contribution is -2.49. The van der Waals surface area contributed by atoms with Gasteiger partial charge in [0.15, 0.2) is 0 Å². The molecule has 1 heterocycles. The minimum Gasteiger partial charge on any atom is -0.367 e. The summed E-state index contributed by atoms with van der Waals surface area (Å²) in [6.07, 6.45) is 0.437. The van der Waals surface area contributed by atoms with Gasteiger partial charge < -0.3 is 9.80 Å². The number of amides is 1. The van der Waals surface area contributed by atoms with Gasteiger partial charge in [-0.1, -0.05) is 35.9 Å². The zero-order chi connectivity index (χ0) is 16.2. The Morgan fingerprint density at radius 2 is 1.65 bits per heavy atom. The van der Waals surface area contributed by atoms with E-state index in [1.165, 1.54) is 5.69 Å². The van der Waals surface area contributed by atoms with Gasteiger partial charge in [-0.05, 0) is 45.8 Å². The molecule has 1 saturated heterocycles. The number of benzene rings is 2. The Labute approximate surface area is 150 Å². The number of rotatable bonds is 3. The van der Waals surface area contributed by atoms with E-state index in [0.29, 0.717) is 11.4 Å². The quantitative estimate of drug-likeness (QED) is 0.787. The summed E-state index contributed by atoms with van der Waals surface area (Å²) in [5.41, 5.74) is 2.20. The highest BCUT2D eigenvalue weighted by molar-refractivity contribution is 9.10. The van der Waals surface area contributed by atoms with Gasteiger partial charge in [-0.25, -0.2) is 0 Å². The maximum absolute atomic E-state index is 12.4. The van der Waals surface area contributed by atoms with Crippen molar-refractivity contribution in [3.63, 3.8) is 0 Å². The Morgan fingerprint density at radius 1 is 1.00 bits per heavy atom. The van der Waals surface area contributed by atoms with E-state index in [1.807, 2.05) is 47.4 Å². The second kappa shape index (κ2) is 7.37. The molecular formula is C18H18BrClN2O. The van der Waals surface area contributed by atoms with E-state index in [-0.39, 0.29) is 5.91 Å². The molecule has 1 fully saturated rings. The molecule has 2 aromatic rings. The number of halogens is 2. The molecule has 0 N–H and O–H groups in total. The maximum atomic E-state index is 12.4. The Kier molecular flexibility index (Phi) is 5.23. The molecule has 23 heavy (non-hydrogen) atoms. The van der Waals surface area contributed by atoms with E-state index in [9.17, 15) is 4.79 Å². The third-order valence-corrected chi connectivity index (χ3v) is 5.02. The highest BCUT2D eigenvalue weighted by Gasteiger charge is 2.22. The van der Waals surface area contributed by atoms with Gasteiger partial charge in [0.1, 0.15) is 0 Å². The number of hydrogen-bond acceptors (Lipinski definition) is 2. The summed E-state index contributed by atoms with van der Waals surface area (Å²) in [7, 11) is 0. The van der Waals surface area contributed by atoms with Crippen molar-refractivity contribution in [3.8, 4) is 0 Å². The fraction of sp³-hybridized carbons (Fsp3) is 0.278. The van der Waals surface area contributed by atoms with E-state index >= 15 is 0 Å². The standard InChI is InChI=1S/C18H18BrClN2O/c19-16-3-1-2-4-17(16)21-9-11-22(12-10-21)18(23)13-14-5-7-15(20)8-6-14/h1-8H,9-13H2. The lowest BCUT2D eigenvalue weighted by atomic mass is 10.1. The number of anilines is 1. The molecule has 120 valence electrons. The maximum Gasteiger partial charge on any atom is 0.227 e. The van der Waals surface area contributed by atoms with E-state index < -0.39 is 0 Å². The molecule has 0 spiro atoms. The summed E-state index contributed by atoms with van der Waals surface area (Å²) >= 11 is 9.47. The van der Waals surface area contributed by atoms with Crippen molar-refractivity contribution in [1.82, 2.24) is 4.90 Å². The fourth-order valence-electron chi connectivity index (χ4n) is 2.79. The largest absolute Gasteiger partial charge is 0.367 e. The highest BCUT2D eigenvalue weighted by atomic mass is 79.9. The second-order valence-corrected chi connectivity index (χ2v) is 6.91. The Balaban J connectivity index is 1.57. The third-order valence-electron chi connectivity index (χ3n) is 4.09. The van der Waals surface area contributed by atoms with Gasteiger partial charge in [0.25, 0.3) is 0 Å². The number of nitrogens with zero attached hydrogens (tertiary/aromatic N) is 2. The predicted octanol–water partition coefficient (Wildman–Crippen LogP) is 3.99. The molecule has 0 bridgehead atoms. The molecule has 0 saturated carbocycles. The number of piperazine rings is 1. The van der Waals surface area contributed by atoms with Crippen LogP contribution in [0, 0.1) is 0 Å². The van der Waals surface area contributed by atoms with Crippen LogP contribution in [0.4, 0.5) is 5.69 Å². The summed E-state index contributed by atoms with van der Waals surface area (Å²) in [6, 6.07) is 15.7. The minimum atomic E-state index is 0.180. The molecular weight excluding hydrogens is 376 g/mol. The van der Waals surface area contributed by atoms with E-state index in [2.05, 4.69) is 26.9 Å². The van der Waals surface area contributed by atoms with Crippen LogP contribution in [0.15, 0.2) is 53.0 Å². The van der Waals surface area contributed by atoms with Gasteiger partial charge in [-0.2, -0.15) is 0 Å². The van der Waals surface area contributed by atoms with Gasteiger partial charge in [-0.15, -0.1) is 0 Å². The van der Waals surface area contributed by atoms with Crippen LogP contribution in [0.1, 0.15) is 5.56 Å². The van der Waals surface area contributed by atoms with Gasteiger partial charge >= 0.3 is 0 Å². The van der Waals surface area contributed by atoms with Crippen molar-refractivity contribution in [2.75, 3.05) is 31.1 Å². The summed E-state index contributed by atoms with van der Waals surface area (Å²) in [4.78, 5) is 16.7. The molecule has 3 nitrogen and oxygen atoms in total. The molecule has 0 unspecified atom stereocenters. The second-order valence-electron chi connectivity index (χ2n) is 5.62. The SMILES string of the molecule is O=C(Cc1ccc(Cl)cc1)N1CCN(c2ccccc2Br)CC1. The molecule has 1 aliphatic heterocycles. The van der Waals surface area contributed by atoms with Gasteiger partial charge in [-0.3, -0.25) is 4.79 Å². The van der Waals surface area contributed by atoms with Crippen molar-refractivity contribution < 1.29 is 4.79 Å². The molecule has 3 rings (SSSR count). The summed E-state index contributed by atoms with van der Waals surface area (Å²) in [6.45, 7) is 3.23. The first kappa shape index (κ1) is 16.3. The molecule has 0 aromatic heterocycles. The van der Waals surface area contributed by atoms with Crippen molar-refractivity contribution in [2.45, 2.75) is 6.42 Å². The van der Waals surface area contributed by atoms with Crippen LogP contribution >= 0.6 is 27.5 Å². The minimum absolute atomic E-state index is 0.180. The van der Waals surface area contributed by atoms with Crippen molar-refractivity contribution >= 4 is 39.1 Å². The van der Waals surface area contributed by atoms with Crippen LogP contribution in [0.25, 0.3) is 0 Å². The monoisotopic (exact) mass is 392 g/mol. The van der Waals surface area contributed by atoms with Crippen molar-refractivity contribution in [1.29, 1.82) is 0 Å². The van der Waals surface area contributed by atoms with Crippen LogP contribution in [0.5, 0.6) is 0 Å². The first-order valence-corrected chi connectivity index (χ1v) is 8.82. The number of carbonyl (C=O) groups excluding carboxylic acids is 1. The highest BCUT2D eigenvalue weighted by Crippen LogP contribution is 2.26. The molecule has 1 amide bonds. The third kappa shape index (κ3) is 4.06. The van der Waals surface area contributed by atoms with E-state index in [4.69, 9.17) is 11.6 Å². The fourth-order valence-corrected chi connectivity index (χ4v) is 3.46. The van der Waals surface area contributed by atoms with E-state index in [1.54, 1.807) is 0 Å². The Morgan fingerprint density at radius 3 is 2.30 bits per heavy atom. The average Bonchev–Trinajstić information content (AvgIpc) is 2.57. The summed E-state index contributed by atoms with van der Waals surface area (Å²) in [5, 5.41) is 0.697. The first-order chi connectivity index (χ1) is 11.1. The zero-order valence-electron chi connectivity index (χ0n) is 12.7.